The number of tetrazole rings is 1. The van der Waals surface area contributed by atoms with Gasteiger partial charge in [-0.3, -0.25) is 4.79 Å². The van der Waals surface area contributed by atoms with Gasteiger partial charge in [-0.2, -0.15) is 4.68 Å². The maximum absolute atomic E-state index is 12.5. The van der Waals surface area contributed by atoms with E-state index in [1.807, 2.05) is 81.4 Å². The van der Waals surface area contributed by atoms with Crippen molar-refractivity contribution < 1.29 is 4.79 Å². The van der Waals surface area contributed by atoms with E-state index in [-0.39, 0.29) is 11.2 Å². The zero-order chi connectivity index (χ0) is 19.4. The Hall–Kier alpha value is -2.87. The lowest BCUT2D eigenvalue weighted by Gasteiger charge is -2.14. The standard InChI is InChI=1S/C19H22N6OS/c1-13-6-5-7-17(12-13)25-19(21-22-23-25)27-14(2)18(26)20-15-8-10-16(11-9-15)24(3)4/h5-12,14H,1-4H3,(H,20,26). The van der Waals surface area contributed by atoms with Crippen LogP contribution in [0.3, 0.4) is 0 Å². The SMILES string of the molecule is Cc1cccc(-n2nnnc2SC(C)C(=O)Nc2ccc(N(C)C)cc2)c1. The van der Waals surface area contributed by atoms with Crippen molar-refractivity contribution in [2.24, 2.45) is 0 Å². The van der Waals surface area contributed by atoms with Crippen LogP contribution in [0, 0.1) is 6.92 Å². The zero-order valence-corrected chi connectivity index (χ0v) is 16.6. The van der Waals surface area contributed by atoms with Crippen LogP contribution in [0.1, 0.15) is 12.5 Å². The van der Waals surface area contributed by atoms with Gasteiger partial charge in [0.15, 0.2) is 0 Å². The number of aromatic nitrogens is 4. The molecule has 0 aliphatic carbocycles. The number of benzene rings is 2. The van der Waals surface area contributed by atoms with Crippen molar-refractivity contribution in [1.82, 2.24) is 20.2 Å². The number of hydrogen-bond acceptors (Lipinski definition) is 6. The van der Waals surface area contributed by atoms with Gasteiger partial charge in [0, 0.05) is 25.5 Å². The quantitative estimate of drug-likeness (QED) is 0.660. The normalized spacial score (nSPS) is 11.9. The molecule has 0 saturated carbocycles. The number of rotatable bonds is 6. The molecule has 1 aromatic heterocycles. The van der Waals surface area contributed by atoms with Crippen LogP contribution >= 0.6 is 11.8 Å². The Kier molecular flexibility index (Phi) is 5.75. The minimum atomic E-state index is -0.354. The summed E-state index contributed by atoms with van der Waals surface area (Å²) in [6.07, 6.45) is 0. The predicted octanol–water partition coefficient (Wildman–Crippen LogP) is 3.16. The van der Waals surface area contributed by atoms with Crippen LogP contribution in [0.2, 0.25) is 0 Å². The Morgan fingerprint density at radius 2 is 1.93 bits per heavy atom. The number of nitrogens with zero attached hydrogens (tertiary/aromatic N) is 5. The van der Waals surface area contributed by atoms with Crippen LogP contribution in [0.4, 0.5) is 11.4 Å². The number of aryl methyl sites for hydroxylation is 1. The predicted molar refractivity (Wildman–Crippen MR) is 109 cm³/mol. The fourth-order valence-corrected chi connectivity index (χ4v) is 3.28. The second-order valence-corrected chi connectivity index (χ2v) is 7.71. The Bertz CT molecular complexity index is 922. The minimum Gasteiger partial charge on any atom is -0.378 e. The Morgan fingerprint density at radius 1 is 1.19 bits per heavy atom. The van der Waals surface area contributed by atoms with Gasteiger partial charge in [0.1, 0.15) is 0 Å². The van der Waals surface area contributed by atoms with Crippen molar-refractivity contribution >= 4 is 29.0 Å². The molecule has 2 aromatic carbocycles. The monoisotopic (exact) mass is 382 g/mol. The summed E-state index contributed by atoms with van der Waals surface area (Å²) in [7, 11) is 3.95. The van der Waals surface area contributed by atoms with Crippen LogP contribution in [0.5, 0.6) is 0 Å². The molecule has 0 aliphatic rings. The molecular formula is C19H22N6OS. The summed E-state index contributed by atoms with van der Waals surface area (Å²) >= 11 is 1.32. The molecular weight excluding hydrogens is 360 g/mol. The summed E-state index contributed by atoms with van der Waals surface area (Å²) < 4.78 is 1.65. The van der Waals surface area contributed by atoms with E-state index in [0.717, 1.165) is 22.6 Å². The Labute approximate surface area is 162 Å². The molecule has 0 radical (unpaired) electrons. The van der Waals surface area contributed by atoms with Crippen LogP contribution < -0.4 is 10.2 Å². The minimum absolute atomic E-state index is 0.101. The van der Waals surface area contributed by atoms with Gasteiger partial charge in [-0.15, -0.1) is 5.10 Å². The number of amides is 1. The first-order chi connectivity index (χ1) is 12.9. The molecule has 0 aliphatic heterocycles. The highest BCUT2D eigenvalue weighted by molar-refractivity contribution is 8.00. The lowest BCUT2D eigenvalue weighted by atomic mass is 10.2. The number of carbonyl (C=O) groups excluding carboxylic acids is 1. The van der Waals surface area contributed by atoms with Gasteiger partial charge in [-0.05, 0) is 66.2 Å². The molecule has 3 aromatic rings. The van der Waals surface area contributed by atoms with Crippen LogP contribution in [-0.2, 0) is 4.79 Å². The lowest BCUT2D eigenvalue weighted by molar-refractivity contribution is -0.115. The molecule has 1 amide bonds. The summed E-state index contributed by atoms with van der Waals surface area (Å²) in [4.78, 5) is 14.5. The maximum atomic E-state index is 12.5. The average molecular weight is 382 g/mol. The number of nitrogens with one attached hydrogen (secondary N) is 1. The van der Waals surface area contributed by atoms with Crippen molar-refractivity contribution in [1.29, 1.82) is 0 Å². The van der Waals surface area contributed by atoms with E-state index < -0.39 is 0 Å². The smallest absolute Gasteiger partial charge is 0.237 e. The number of thioether (sulfide) groups is 1. The van der Waals surface area contributed by atoms with Gasteiger partial charge >= 0.3 is 0 Å². The van der Waals surface area contributed by atoms with Gasteiger partial charge in [0.25, 0.3) is 0 Å². The van der Waals surface area contributed by atoms with E-state index >= 15 is 0 Å². The van der Waals surface area contributed by atoms with Gasteiger partial charge in [0.05, 0.1) is 10.9 Å². The van der Waals surface area contributed by atoms with E-state index in [1.165, 1.54) is 11.8 Å². The van der Waals surface area contributed by atoms with Crippen LogP contribution in [-0.4, -0.2) is 45.5 Å². The van der Waals surface area contributed by atoms with Crippen molar-refractivity contribution in [2.75, 3.05) is 24.3 Å². The fraction of sp³-hybridized carbons (Fsp3) is 0.263. The number of carbonyl (C=O) groups is 1. The molecule has 1 atom stereocenters. The first kappa shape index (κ1) is 18.9. The topological polar surface area (TPSA) is 75.9 Å². The van der Waals surface area contributed by atoms with E-state index in [9.17, 15) is 4.79 Å². The van der Waals surface area contributed by atoms with Crippen molar-refractivity contribution in [3.8, 4) is 5.69 Å². The molecule has 7 nitrogen and oxygen atoms in total. The van der Waals surface area contributed by atoms with Gasteiger partial charge < -0.3 is 10.2 Å². The highest BCUT2D eigenvalue weighted by Gasteiger charge is 2.19. The van der Waals surface area contributed by atoms with E-state index in [4.69, 9.17) is 0 Å². The van der Waals surface area contributed by atoms with Gasteiger partial charge in [-0.1, -0.05) is 23.9 Å². The molecule has 0 saturated heterocycles. The molecule has 8 heteroatoms. The fourth-order valence-electron chi connectivity index (χ4n) is 2.47. The molecule has 0 spiro atoms. The van der Waals surface area contributed by atoms with E-state index in [0.29, 0.717) is 5.16 Å². The van der Waals surface area contributed by atoms with Crippen molar-refractivity contribution in [2.45, 2.75) is 24.3 Å². The van der Waals surface area contributed by atoms with E-state index in [1.54, 1.807) is 4.68 Å². The Balaban J connectivity index is 1.68. The third-order valence-corrected chi connectivity index (χ3v) is 5.02. The third-order valence-electron chi connectivity index (χ3n) is 3.99. The summed E-state index contributed by atoms with van der Waals surface area (Å²) in [6.45, 7) is 3.85. The number of hydrogen-bond donors (Lipinski definition) is 1. The van der Waals surface area contributed by atoms with Gasteiger partial charge in [0.2, 0.25) is 11.1 Å². The molecule has 0 bridgehead atoms. The summed E-state index contributed by atoms with van der Waals surface area (Å²) in [5, 5.41) is 15.0. The first-order valence-corrected chi connectivity index (χ1v) is 9.42. The molecule has 1 unspecified atom stereocenters. The van der Waals surface area contributed by atoms with Crippen LogP contribution in [0.25, 0.3) is 5.69 Å². The zero-order valence-electron chi connectivity index (χ0n) is 15.7. The van der Waals surface area contributed by atoms with E-state index in [2.05, 4.69) is 20.8 Å². The highest BCUT2D eigenvalue weighted by atomic mass is 32.2. The molecule has 27 heavy (non-hydrogen) atoms. The number of anilines is 2. The lowest BCUT2D eigenvalue weighted by Crippen LogP contribution is -2.23. The second kappa shape index (κ2) is 8.22. The second-order valence-electron chi connectivity index (χ2n) is 6.40. The Morgan fingerprint density at radius 3 is 2.59 bits per heavy atom. The third kappa shape index (κ3) is 4.65. The van der Waals surface area contributed by atoms with Gasteiger partial charge in [-0.25, -0.2) is 0 Å². The molecule has 0 fully saturated rings. The highest BCUT2D eigenvalue weighted by Crippen LogP contribution is 2.24. The molecule has 3 rings (SSSR count). The largest absolute Gasteiger partial charge is 0.378 e. The molecule has 1 N–H and O–H groups in total. The summed E-state index contributed by atoms with van der Waals surface area (Å²) in [6, 6.07) is 15.6. The summed E-state index contributed by atoms with van der Waals surface area (Å²) in [5.41, 5.74) is 3.82. The van der Waals surface area contributed by atoms with Crippen LogP contribution in [0.15, 0.2) is 53.7 Å². The van der Waals surface area contributed by atoms with Crippen molar-refractivity contribution in [3.05, 3.63) is 54.1 Å². The molecule has 1 heterocycles. The van der Waals surface area contributed by atoms with Crippen molar-refractivity contribution in [3.63, 3.8) is 0 Å². The average Bonchev–Trinajstić information content (AvgIpc) is 3.10. The summed E-state index contributed by atoms with van der Waals surface area (Å²) in [5.74, 6) is -0.101. The molecule has 140 valence electrons. The maximum Gasteiger partial charge on any atom is 0.237 e. The first-order valence-electron chi connectivity index (χ1n) is 8.54.